The number of carbonyl (C=O) groups excluding carboxylic acids is 1. The normalized spacial score (nSPS) is 12.3. The van der Waals surface area contributed by atoms with Crippen LogP contribution in [0.25, 0.3) is 0 Å². The fourth-order valence-corrected chi connectivity index (χ4v) is 1.85. The fourth-order valence-electron chi connectivity index (χ4n) is 1.85. The molecule has 1 heterocycles. The summed E-state index contributed by atoms with van der Waals surface area (Å²) in [6, 6.07) is 4.32. The maximum absolute atomic E-state index is 12.5. The summed E-state index contributed by atoms with van der Waals surface area (Å²) >= 11 is 0. The lowest BCUT2D eigenvalue weighted by Crippen LogP contribution is -2.40. The van der Waals surface area contributed by atoms with Crippen LogP contribution >= 0.6 is 0 Å². The molecule has 0 saturated carbocycles. The molecule has 0 saturated heterocycles. The van der Waals surface area contributed by atoms with E-state index in [1.165, 1.54) is 16.8 Å². The number of benzene rings is 1. The Balaban J connectivity index is 2.15. The van der Waals surface area contributed by atoms with Gasteiger partial charge in [-0.1, -0.05) is 0 Å². The lowest BCUT2D eigenvalue weighted by Gasteiger charge is -2.24. The lowest BCUT2D eigenvalue weighted by molar-refractivity contribution is -0.137. The first kappa shape index (κ1) is 16.1. The van der Waals surface area contributed by atoms with Crippen molar-refractivity contribution in [3.8, 4) is 0 Å². The number of nitrogens with one attached hydrogen (secondary N) is 1. The molecule has 7 heteroatoms. The minimum absolute atomic E-state index is 0.301. The molecule has 0 fully saturated rings. The molecule has 2 aromatic rings. The molecule has 1 aromatic heterocycles. The highest BCUT2D eigenvalue weighted by Gasteiger charge is 2.32. The number of aryl methyl sites for hydroxylation is 1. The summed E-state index contributed by atoms with van der Waals surface area (Å²) < 4.78 is 39.0. The third-order valence-electron chi connectivity index (χ3n) is 3.31. The monoisotopic (exact) mass is 311 g/mol. The Labute approximate surface area is 125 Å². The summed E-state index contributed by atoms with van der Waals surface area (Å²) in [5.74, 6) is -0.365. The van der Waals surface area contributed by atoms with Crippen molar-refractivity contribution in [3.63, 3.8) is 0 Å². The Morgan fingerprint density at radius 1 is 1.18 bits per heavy atom. The second-order valence-electron chi connectivity index (χ2n) is 5.55. The standard InChI is InChI=1S/C15H16F3N3O/c1-10-8-19-21(9-10)14(2,3)13(22)20-12-6-4-11(5-7-12)15(16,17)18/h4-9H,1-3H3,(H,20,22). The zero-order chi connectivity index (χ0) is 16.5. The van der Waals surface area contributed by atoms with Gasteiger partial charge in [0.1, 0.15) is 5.54 Å². The molecule has 4 nitrogen and oxygen atoms in total. The van der Waals surface area contributed by atoms with Crippen LogP contribution in [0.3, 0.4) is 0 Å². The number of amides is 1. The quantitative estimate of drug-likeness (QED) is 0.941. The van der Waals surface area contributed by atoms with Gasteiger partial charge in [0, 0.05) is 11.9 Å². The molecule has 0 spiro atoms. The van der Waals surface area contributed by atoms with Crippen LogP contribution in [-0.2, 0) is 16.5 Å². The predicted octanol–water partition coefficient (Wildman–Crippen LogP) is 3.58. The Morgan fingerprint density at radius 2 is 1.77 bits per heavy atom. The third-order valence-corrected chi connectivity index (χ3v) is 3.31. The van der Waals surface area contributed by atoms with Gasteiger partial charge in [-0.05, 0) is 50.6 Å². The van der Waals surface area contributed by atoms with E-state index in [0.717, 1.165) is 17.7 Å². The van der Waals surface area contributed by atoms with E-state index in [-0.39, 0.29) is 5.91 Å². The van der Waals surface area contributed by atoms with E-state index in [1.807, 2.05) is 6.92 Å². The third kappa shape index (κ3) is 3.29. The van der Waals surface area contributed by atoms with Gasteiger partial charge >= 0.3 is 6.18 Å². The Morgan fingerprint density at radius 3 is 2.23 bits per heavy atom. The number of halogens is 3. The van der Waals surface area contributed by atoms with Crippen LogP contribution < -0.4 is 5.32 Å². The molecule has 2 rings (SSSR count). The second-order valence-corrected chi connectivity index (χ2v) is 5.55. The lowest BCUT2D eigenvalue weighted by atomic mass is 10.0. The summed E-state index contributed by atoms with van der Waals surface area (Å²) in [6.07, 6.45) is -1.03. The number of aromatic nitrogens is 2. The van der Waals surface area contributed by atoms with Crippen LogP contribution in [0.5, 0.6) is 0 Å². The van der Waals surface area contributed by atoms with Crippen LogP contribution in [0.15, 0.2) is 36.7 Å². The largest absolute Gasteiger partial charge is 0.416 e. The van der Waals surface area contributed by atoms with Gasteiger partial charge in [-0.2, -0.15) is 18.3 Å². The van der Waals surface area contributed by atoms with Gasteiger partial charge < -0.3 is 5.32 Å². The first-order valence-corrected chi connectivity index (χ1v) is 6.61. The van der Waals surface area contributed by atoms with Crippen molar-refractivity contribution in [2.75, 3.05) is 5.32 Å². The topological polar surface area (TPSA) is 46.9 Å². The predicted molar refractivity (Wildman–Crippen MR) is 76.4 cm³/mol. The maximum atomic E-state index is 12.5. The molecule has 0 radical (unpaired) electrons. The molecular formula is C15H16F3N3O. The molecule has 0 aliphatic carbocycles. The minimum Gasteiger partial charge on any atom is -0.324 e. The minimum atomic E-state index is -4.39. The average molecular weight is 311 g/mol. The van der Waals surface area contributed by atoms with Crippen LogP contribution in [0.1, 0.15) is 25.0 Å². The van der Waals surface area contributed by atoms with Gasteiger partial charge in [0.05, 0.1) is 11.8 Å². The molecular weight excluding hydrogens is 295 g/mol. The first-order chi connectivity index (χ1) is 10.1. The van der Waals surface area contributed by atoms with Gasteiger partial charge in [0.2, 0.25) is 0 Å². The van der Waals surface area contributed by atoms with E-state index in [9.17, 15) is 18.0 Å². The maximum Gasteiger partial charge on any atom is 0.416 e. The number of hydrogen-bond donors (Lipinski definition) is 1. The Hall–Kier alpha value is -2.31. The summed E-state index contributed by atoms with van der Waals surface area (Å²) in [5.41, 5.74) is -0.505. The van der Waals surface area contributed by atoms with Crippen LogP contribution in [-0.4, -0.2) is 15.7 Å². The van der Waals surface area contributed by atoms with Gasteiger partial charge in [-0.3, -0.25) is 9.48 Å². The van der Waals surface area contributed by atoms with Crippen molar-refractivity contribution in [1.82, 2.24) is 9.78 Å². The van der Waals surface area contributed by atoms with E-state index < -0.39 is 17.3 Å². The zero-order valence-corrected chi connectivity index (χ0v) is 12.4. The summed E-state index contributed by atoms with van der Waals surface area (Å²) in [5, 5.41) is 6.71. The number of rotatable bonds is 3. The molecule has 0 aliphatic heterocycles. The van der Waals surface area contributed by atoms with E-state index in [2.05, 4.69) is 10.4 Å². The van der Waals surface area contributed by atoms with Crippen LogP contribution in [0.4, 0.5) is 18.9 Å². The molecule has 0 bridgehead atoms. The van der Waals surface area contributed by atoms with Gasteiger partial charge in [0.15, 0.2) is 0 Å². The number of hydrogen-bond acceptors (Lipinski definition) is 2. The van der Waals surface area contributed by atoms with E-state index in [0.29, 0.717) is 5.69 Å². The molecule has 0 atom stereocenters. The molecule has 0 unspecified atom stereocenters. The fraction of sp³-hybridized carbons (Fsp3) is 0.333. The number of alkyl halides is 3. The highest BCUT2D eigenvalue weighted by Crippen LogP contribution is 2.30. The van der Waals surface area contributed by atoms with Crippen LogP contribution in [0.2, 0.25) is 0 Å². The molecule has 1 aromatic carbocycles. The van der Waals surface area contributed by atoms with Crippen molar-refractivity contribution in [1.29, 1.82) is 0 Å². The molecule has 118 valence electrons. The molecule has 1 N–H and O–H groups in total. The SMILES string of the molecule is Cc1cnn(C(C)(C)C(=O)Nc2ccc(C(F)(F)F)cc2)c1. The molecule has 0 aliphatic rings. The second kappa shape index (κ2) is 5.47. The summed E-state index contributed by atoms with van der Waals surface area (Å²) in [7, 11) is 0. The van der Waals surface area contributed by atoms with Crippen molar-refractivity contribution in [2.45, 2.75) is 32.5 Å². The molecule has 1 amide bonds. The number of anilines is 1. The van der Waals surface area contributed by atoms with Gasteiger partial charge in [-0.15, -0.1) is 0 Å². The van der Waals surface area contributed by atoms with Crippen molar-refractivity contribution < 1.29 is 18.0 Å². The Bertz CT molecular complexity index is 672. The van der Waals surface area contributed by atoms with Crippen molar-refractivity contribution in [3.05, 3.63) is 47.8 Å². The smallest absolute Gasteiger partial charge is 0.324 e. The summed E-state index contributed by atoms with van der Waals surface area (Å²) in [6.45, 7) is 5.21. The van der Waals surface area contributed by atoms with Crippen molar-refractivity contribution in [2.24, 2.45) is 0 Å². The summed E-state index contributed by atoms with van der Waals surface area (Å²) in [4.78, 5) is 12.3. The van der Waals surface area contributed by atoms with Crippen LogP contribution in [0, 0.1) is 6.92 Å². The Kier molecular flexibility index (Phi) is 4.00. The average Bonchev–Trinajstić information content (AvgIpc) is 2.85. The highest BCUT2D eigenvalue weighted by atomic mass is 19.4. The van der Waals surface area contributed by atoms with Crippen molar-refractivity contribution >= 4 is 11.6 Å². The zero-order valence-electron chi connectivity index (χ0n) is 12.4. The number of carbonyl (C=O) groups is 1. The van der Waals surface area contributed by atoms with E-state index in [4.69, 9.17) is 0 Å². The van der Waals surface area contributed by atoms with E-state index in [1.54, 1.807) is 26.2 Å². The van der Waals surface area contributed by atoms with E-state index >= 15 is 0 Å². The highest BCUT2D eigenvalue weighted by molar-refractivity contribution is 5.96. The van der Waals surface area contributed by atoms with Gasteiger partial charge in [0.25, 0.3) is 5.91 Å². The number of nitrogens with zero attached hydrogens (tertiary/aromatic N) is 2. The van der Waals surface area contributed by atoms with Gasteiger partial charge in [-0.25, -0.2) is 0 Å². The molecule has 22 heavy (non-hydrogen) atoms. The first-order valence-electron chi connectivity index (χ1n) is 6.61.